The van der Waals surface area contributed by atoms with E-state index in [0.717, 1.165) is 16.6 Å². The van der Waals surface area contributed by atoms with E-state index in [-0.39, 0.29) is 5.91 Å². The molecule has 0 radical (unpaired) electrons. The molecule has 0 aliphatic heterocycles. The van der Waals surface area contributed by atoms with E-state index in [2.05, 4.69) is 22.1 Å². The lowest BCUT2D eigenvalue weighted by Gasteiger charge is -2.20. The number of fused-ring (bicyclic) bond motifs is 1. The van der Waals surface area contributed by atoms with E-state index in [4.69, 9.17) is 4.74 Å². The van der Waals surface area contributed by atoms with Gasteiger partial charge in [-0.15, -0.1) is 0 Å². The summed E-state index contributed by atoms with van der Waals surface area (Å²) in [5.41, 5.74) is 2.58. The first kappa shape index (κ1) is 18.1. The number of thiazole rings is 1. The third-order valence-electron chi connectivity index (χ3n) is 4.42. The summed E-state index contributed by atoms with van der Waals surface area (Å²) in [5, 5.41) is 0.693. The Morgan fingerprint density at radius 3 is 2.54 bits per heavy atom. The maximum atomic E-state index is 13.3. The Balaban J connectivity index is 1.66. The fourth-order valence-electron chi connectivity index (χ4n) is 2.93. The van der Waals surface area contributed by atoms with Gasteiger partial charge in [-0.1, -0.05) is 53.8 Å². The smallest absolute Gasteiger partial charge is 0.261 e. The first-order chi connectivity index (χ1) is 13.7. The van der Waals surface area contributed by atoms with Gasteiger partial charge in [-0.3, -0.25) is 9.69 Å². The van der Waals surface area contributed by atoms with Crippen molar-refractivity contribution in [2.24, 2.45) is 0 Å². The van der Waals surface area contributed by atoms with Crippen LogP contribution in [-0.4, -0.2) is 29.5 Å². The van der Waals surface area contributed by atoms with E-state index < -0.39 is 0 Å². The quantitative estimate of drug-likeness (QED) is 0.484. The van der Waals surface area contributed by atoms with Crippen molar-refractivity contribution < 1.29 is 9.53 Å². The molecule has 0 unspecified atom stereocenters. The average molecular weight is 389 g/mol. The molecule has 4 aromatic rings. The van der Waals surface area contributed by atoms with Crippen molar-refractivity contribution in [3.63, 3.8) is 0 Å². The number of hydrogen-bond acceptors (Lipinski definition) is 5. The van der Waals surface area contributed by atoms with E-state index in [9.17, 15) is 4.79 Å². The van der Waals surface area contributed by atoms with Crippen molar-refractivity contribution in [1.29, 1.82) is 0 Å². The van der Waals surface area contributed by atoms with Crippen LogP contribution in [0.25, 0.3) is 10.2 Å². The van der Waals surface area contributed by atoms with Gasteiger partial charge in [-0.2, -0.15) is 0 Å². The van der Waals surface area contributed by atoms with Crippen molar-refractivity contribution in [2.45, 2.75) is 6.42 Å². The second-order valence-electron chi connectivity index (χ2n) is 6.25. The minimum absolute atomic E-state index is 0.120. The number of rotatable bonds is 6. The molecule has 0 fully saturated rings. The lowest BCUT2D eigenvalue weighted by atomic mass is 10.1. The summed E-state index contributed by atoms with van der Waals surface area (Å²) in [6.07, 6.45) is 2.29. The highest BCUT2D eigenvalue weighted by Crippen LogP contribution is 2.29. The maximum Gasteiger partial charge on any atom is 0.261 e. The van der Waals surface area contributed by atoms with Crippen LogP contribution in [0, 0.1) is 0 Å². The summed E-state index contributed by atoms with van der Waals surface area (Å²) in [6, 6.07) is 21.5. The van der Waals surface area contributed by atoms with Crippen LogP contribution in [0.1, 0.15) is 15.9 Å². The molecule has 0 aliphatic carbocycles. The lowest BCUT2D eigenvalue weighted by molar-refractivity contribution is 0.0987. The molecule has 5 nitrogen and oxygen atoms in total. The van der Waals surface area contributed by atoms with Crippen LogP contribution in [0.15, 0.2) is 72.9 Å². The van der Waals surface area contributed by atoms with Crippen molar-refractivity contribution in [1.82, 2.24) is 9.97 Å². The highest BCUT2D eigenvalue weighted by Gasteiger charge is 2.21. The second-order valence-corrected chi connectivity index (χ2v) is 7.25. The molecule has 0 saturated carbocycles. The van der Waals surface area contributed by atoms with Gasteiger partial charge in [-0.25, -0.2) is 9.97 Å². The molecule has 0 spiro atoms. The molecule has 2 heterocycles. The largest absolute Gasteiger partial charge is 0.481 e. The van der Waals surface area contributed by atoms with Crippen molar-refractivity contribution in [3.05, 3.63) is 84.1 Å². The first-order valence-electron chi connectivity index (χ1n) is 8.96. The number of carbonyl (C=O) groups excluding carboxylic acids is 1. The minimum atomic E-state index is -0.120. The molecule has 28 heavy (non-hydrogen) atoms. The number of hydrogen-bond donors (Lipinski definition) is 0. The molecule has 4 rings (SSSR count). The number of aromatic nitrogens is 2. The zero-order chi connectivity index (χ0) is 19.3. The zero-order valence-corrected chi connectivity index (χ0v) is 16.2. The van der Waals surface area contributed by atoms with Crippen LogP contribution < -0.4 is 9.64 Å². The maximum absolute atomic E-state index is 13.3. The number of benzene rings is 2. The molecule has 2 aromatic heterocycles. The molecule has 0 atom stereocenters. The van der Waals surface area contributed by atoms with Crippen LogP contribution in [0.3, 0.4) is 0 Å². The molecule has 1 amide bonds. The number of methoxy groups -OCH3 is 1. The number of para-hydroxylation sites is 1. The molecule has 0 N–H and O–H groups in total. The van der Waals surface area contributed by atoms with E-state index in [1.54, 1.807) is 30.3 Å². The Kier molecular flexibility index (Phi) is 5.30. The van der Waals surface area contributed by atoms with Gasteiger partial charge in [0.2, 0.25) is 5.88 Å². The Bertz CT molecular complexity index is 1040. The van der Waals surface area contributed by atoms with Gasteiger partial charge < -0.3 is 4.74 Å². The van der Waals surface area contributed by atoms with Crippen LogP contribution in [0.2, 0.25) is 0 Å². The Morgan fingerprint density at radius 2 is 1.82 bits per heavy atom. The SMILES string of the molecule is COc1ccc(C(=O)N(CCc2ccccc2)c2nc3ccccc3s2)cn1. The summed E-state index contributed by atoms with van der Waals surface area (Å²) >= 11 is 1.52. The molecular weight excluding hydrogens is 370 g/mol. The van der Waals surface area contributed by atoms with Crippen LogP contribution >= 0.6 is 11.3 Å². The van der Waals surface area contributed by atoms with E-state index in [1.165, 1.54) is 16.9 Å². The standard InChI is InChI=1S/C22H19N3O2S/c1-27-20-12-11-17(15-23-20)21(26)25(14-13-16-7-3-2-4-8-16)22-24-18-9-5-6-10-19(18)28-22/h2-12,15H,13-14H2,1H3. The summed E-state index contributed by atoms with van der Waals surface area (Å²) in [6.45, 7) is 0.536. The second kappa shape index (κ2) is 8.19. The molecular formula is C22H19N3O2S. The van der Waals surface area contributed by atoms with Crippen molar-refractivity contribution in [3.8, 4) is 5.88 Å². The highest BCUT2D eigenvalue weighted by atomic mass is 32.1. The number of amides is 1. The third-order valence-corrected chi connectivity index (χ3v) is 5.48. The van der Waals surface area contributed by atoms with E-state index >= 15 is 0 Å². The summed E-state index contributed by atoms with van der Waals surface area (Å²) in [4.78, 5) is 23.8. The molecule has 0 saturated heterocycles. The van der Waals surface area contributed by atoms with Gasteiger partial charge in [0, 0.05) is 18.8 Å². The van der Waals surface area contributed by atoms with Gasteiger partial charge in [0.15, 0.2) is 5.13 Å². The summed E-state index contributed by atoms with van der Waals surface area (Å²) in [5.74, 6) is 0.359. The van der Waals surface area contributed by atoms with Gasteiger partial charge in [0.25, 0.3) is 5.91 Å². The van der Waals surface area contributed by atoms with E-state index in [0.29, 0.717) is 23.1 Å². The van der Waals surface area contributed by atoms with Crippen molar-refractivity contribution >= 4 is 32.6 Å². The fourth-order valence-corrected chi connectivity index (χ4v) is 3.92. The Labute approximate surface area is 167 Å². The van der Waals surface area contributed by atoms with Gasteiger partial charge in [0.1, 0.15) is 0 Å². The highest BCUT2D eigenvalue weighted by molar-refractivity contribution is 7.22. The number of ether oxygens (including phenoxy) is 1. The fraction of sp³-hybridized carbons (Fsp3) is 0.136. The van der Waals surface area contributed by atoms with Crippen LogP contribution in [0.4, 0.5) is 5.13 Å². The zero-order valence-electron chi connectivity index (χ0n) is 15.4. The Hall–Kier alpha value is -3.25. The number of anilines is 1. The molecule has 6 heteroatoms. The van der Waals surface area contributed by atoms with Gasteiger partial charge >= 0.3 is 0 Å². The molecule has 0 aliphatic rings. The normalized spacial score (nSPS) is 10.8. The monoisotopic (exact) mass is 389 g/mol. The number of pyridine rings is 1. The Morgan fingerprint density at radius 1 is 1.04 bits per heavy atom. The molecule has 140 valence electrons. The van der Waals surface area contributed by atoms with Gasteiger partial charge in [0.05, 0.1) is 22.9 Å². The number of carbonyl (C=O) groups is 1. The number of nitrogens with zero attached hydrogens (tertiary/aromatic N) is 3. The van der Waals surface area contributed by atoms with Gasteiger partial charge in [-0.05, 0) is 30.2 Å². The average Bonchev–Trinajstić information content (AvgIpc) is 3.18. The predicted octanol–water partition coefficient (Wildman–Crippen LogP) is 4.59. The molecule has 2 aromatic carbocycles. The lowest BCUT2D eigenvalue weighted by Crippen LogP contribution is -2.33. The van der Waals surface area contributed by atoms with Crippen molar-refractivity contribution in [2.75, 3.05) is 18.6 Å². The first-order valence-corrected chi connectivity index (χ1v) is 9.77. The summed E-state index contributed by atoms with van der Waals surface area (Å²) in [7, 11) is 1.55. The summed E-state index contributed by atoms with van der Waals surface area (Å²) < 4.78 is 6.15. The van der Waals surface area contributed by atoms with E-state index in [1.807, 2.05) is 42.5 Å². The third kappa shape index (κ3) is 3.87. The topological polar surface area (TPSA) is 55.3 Å². The predicted molar refractivity (Wildman–Crippen MR) is 112 cm³/mol. The minimum Gasteiger partial charge on any atom is -0.481 e. The van der Waals surface area contributed by atoms with Crippen LogP contribution in [0.5, 0.6) is 5.88 Å². The van der Waals surface area contributed by atoms with Crippen LogP contribution in [-0.2, 0) is 6.42 Å². The molecule has 0 bridgehead atoms.